The maximum atomic E-state index is 12.1. The van der Waals surface area contributed by atoms with Crippen LogP contribution >= 0.6 is 0 Å². The highest BCUT2D eigenvalue weighted by Gasteiger charge is 2.22. The topological polar surface area (TPSA) is 99.6 Å². The third kappa shape index (κ3) is 4.09. The van der Waals surface area contributed by atoms with Crippen LogP contribution in [0.4, 0.5) is 0 Å². The van der Waals surface area contributed by atoms with Gasteiger partial charge in [0.15, 0.2) is 6.23 Å². The van der Waals surface area contributed by atoms with Crippen LogP contribution in [0.15, 0.2) is 58.3 Å². The SMILES string of the molecule is COc1ccc(C(=O)OC[C@@H]2CC=C[C@H](n3ccc(=O)[nH]c3=O)O2)cc1. The minimum Gasteiger partial charge on any atom is -0.497 e. The van der Waals surface area contributed by atoms with E-state index in [4.69, 9.17) is 14.2 Å². The van der Waals surface area contributed by atoms with Crippen molar-refractivity contribution in [1.29, 1.82) is 0 Å². The van der Waals surface area contributed by atoms with Crippen LogP contribution in [0.5, 0.6) is 5.75 Å². The zero-order chi connectivity index (χ0) is 18.5. The van der Waals surface area contributed by atoms with E-state index in [9.17, 15) is 14.4 Å². The van der Waals surface area contributed by atoms with Crippen molar-refractivity contribution in [1.82, 2.24) is 9.55 Å². The van der Waals surface area contributed by atoms with Crippen molar-refractivity contribution in [3.8, 4) is 5.75 Å². The smallest absolute Gasteiger partial charge is 0.338 e. The summed E-state index contributed by atoms with van der Waals surface area (Å²) in [4.78, 5) is 37.3. The average molecular weight is 358 g/mol. The van der Waals surface area contributed by atoms with E-state index in [1.165, 1.54) is 16.8 Å². The first-order valence-electron chi connectivity index (χ1n) is 8.01. The van der Waals surface area contributed by atoms with Crippen LogP contribution in [0, 0.1) is 0 Å². The molecule has 0 aliphatic carbocycles. The Bertz CT molecular complexity index is 912. The zero-order valence-corrected chi connectivity index (χ0v) is 14.1. The Kier molecular flexibility index (Phi) is 5.33. The highest BCUT2D eigenvalue weighted by atomic mass is 16.6. The maximum Gasteiger partial charge on any atom is 0.338 e. The first-order valence-corrected chi connectivity index (χ1v) is 8.01. The van der Waals surface area contributed by atoms with Crippen LogP contribution in [0.3, 0.4) is 0 Å². The largest absolute Gasteiger partial charge is 0.497 e. The second-order valence-corrected chi connectivity index (χ2v) is 5.66. The fourth-order valence-electron chi connectivity index (χ4n) is 2.52. The van der Waals surface area contributed by atoms with Crippen molar-refractivity contribution in [3.05, 3.63) is 75.1 Å². The van der Waals surface area contributed by atoms with Gasteiger partial charge in [-0.15, -0.1) is 0 Å². The molecule has 2 atom stereocenters. The van der Waals surface area contributed by atoms with Crippen molar-refractivity contribution in [2.45, 2.75) is 18.8 Å². The fraction of sp³-hybridized carbons (Fsp3) is 0.278. The number of aromatic amines is 1. The van der Waals surface area contributed by atoms with Crippen LogP contribution in [0.25, 0.3) is 0 Å². The Morgan fingerprint density at radius 1 is 1.27 bits per heavy atom. The predicted molar refractivity (Wildman–Crippen MR) is 92.3 cm³/mol. The molecule has 8 nitrogen and oxygen atoms in total. The Morgan fingerprint density at radius 2 is 2.04 bits per heavy atom. The molecule has 1 aromatic heterocycles. The summed E-state index contributed by atoms with van der Waals surface area (Å²) in [6.07, 6.45) is 4.40. The molecule has 1 aromatic carbocycles. The van der Waals surface area contributed by atoms with Crippen LogP contribution in [-0.4, -0.2) is 35.3 Å². The predicted octanol–water partition coefficient (Wildman–Crippen LogP) is 1.25. The lowest BCUT2D eigenvalue weighted by molar-refractivity contribution is -0.0639. The van der Waals surface area contributed by atoms with Crippen molar-refractivity contribution >= 4 is 5.97 Å². The molecule has 26 heavy (non-hydrogen) atoms. The first-order chi connectivity index (χ1) is 12.6. The number of nitrogens with zero attached hydrogens (tertiary/aromatic N) is 1. The van der Waals surface area contributed by atoms with Crippen molar-refractivity contribution in [2.24, 2.45) is 0 Å². The molecule has 1 aliphatic rings. The number of rotatable bonds is 5. The summed E-state index contributed by atoms with van der Waals surface area (Å²) in [5.41, 5.74) is -0.635. The summed E-state index contributed by atoms with van der Waals surface area (Å²) >= 11 is 0. The molecule has 2 aromatic rings. The van der Waals surface area contributed by atoms with Gasteiger partial charge in [0.05, 0.1) is 18.8 Å². The molecule has 0 spiro atoms. The molecule has 1 N–H and O–H groups in total. The third-order valence-corrected chi connectivity index (χ3v) is 3.88. The third-order valence-electron chi connectivity index (χ3n) is 3.88. The Hall–Kier alpha value is -3.13. The van der Waals surface area contributed by atoms with E-state index in [-0.39, 0.29) is 6.61 Å². The molecule has 0 fully saturated rings. The first kappa shape index (κ1) is 17.7. The fourth-order valence-corrected chi connectivity index (χ4v) is 2.52. The van der Waals surface area contributed by atoms with E-state index < -0.39 is 29.6 Å². The van der Waals surface area contributed by atoms with E-state index in [2.05, 4.69) is 4.98 Å². The molecule has 2 heterocycles. The molecule has 0 bridgehead atoms. The monoisotopic (exact) mass is 358 g/mol. The maximum absolute atomic E-state index is 12.1. The number of nitrogens with one attached hydrogen (secondary N) is 1. The van der Waals surface area contributed by atoms with Gasteiger partial charge in [-0.2, -0.15) is 0 Å². The normalized spacial score (nSPS) is 19.1. The van der Waals surface area contributed by atoms with Crippen LogP contribution < -0.4 is 16.0 Å². The molecule has 0 amide bonds. The Morgan fingerprint density at radius 3 is 2.73 bits per heavy atom. The molecular formula is C18H18N2O6. The summed E-state index contributed by atoms with van der Waals surface area (Å²) in [6, 6.07) is 7.83. The number of hydrogen-bond donors (Lipinski definition) is 1. The standard InChI is InChI=1S/C18H18N2O6/c1-24-13-7-5-12(6-8-13)17(22)25-11-14-3-2-4-16(26-14)20-10-9-15(21)19-18(20)23/h2,4-10,14,16H,3,11H2,1H3,(H,19,21,23)/t14-,16+/m0/s1. The average Bonchev–Trinajstić information content (AvgIpc) is 2.66. The lowest BCUT2D eigenvalue weighted by Crippen LogP contribution is -2.35. The lowest BCUT2D eigenvalue weighted by Gasteiger charge is -2.26. The van der Waals surface area contributed by atoms with Gasteiger partial charge in [-0.1, -0.05) is 6.08 Å². The van der Waals surface area contributed by atoms with Gasteiger partial charge in [0.2, 0.25) is 0 Å². The highest BCUT2D eigenvalue weighted by molar-refractivity contribution is 5.89. The molecular weight excluding hydrogens is 340 g/mol. The number of hydrogen-bond acceptors (Lipinski definition) is 6. The number of methoxy groups -OCH3 is 1. The highest BCUT2D eigenvalue weighted by Crippen LogP contribution is 2.20. The Balaban J connectivity index is 1.60. The molecule has 0 radical (unpaired) electrons. The molecule has 3 rings (SSSR count). The minimum atomic E-state index is -0.669. The number of aromatic nitrogens is 2. The lowest BCUT2D eigenvalue weighted by atomic mass is 10.2. The minimum absolute atomic E-state index is 0.0454. The number of ether oxygens (including phenoxy) is 3. The summed E-state index contributed by atoms with van der Waals surface area (Å²) in [5, 5.41) is 0. The van der Waals surface area contributed by atoms with Gasteiger partial charge in [0.1, 0.15) is 12.4 Å². The van der Waals surface area contributed by atoms with Crippen molar-refractivity contribution in [3.63, 3.8) is 0 Å². The summed E-state index contributed by atoms with van der Waals surface area (Å²) < 4.78 is 17.4. The Labute approximate surface area is 148 Å². The number of benzene rings is 1. The van der Waals surface area contributed by atoms with Gasteiger partial charge in [-0.25, -0.2) is 9.59 Å². The summed E-state index contributed by atoms with van der Waals surface area (Å²) in [5.74, 6) is 0.181. The molecule has 8 heteroatoms. The van der Waals surface area contributed by atoms with Gasteiger partial charge < -0.3 is 14.2 Å². The van der Waals surface area contributed by atoms with Gasteiger partial charge >= 0.3 is 11.7 Å². The van der Waals surface area contributed by atoms with Gasteiger partial charge in [-0.3, -0.25) is 14.3 Å². The summed E-state index contributed by atoms with van der Waals surface area (Å²) in [7, 11) is 1.55. The second-order valence-electron chi connectivity index (χ2n) is 5.66. The van der Waals surface area contributed by atoms with Crippen LogP contribution in [0.1, 0.15) is 23.0 Å². The van der Waals surface area contributed by atoms with E-state index in [1.807, 2.05) is 6.08 Å². The molecule has 1 aliphatic heterocycles. The van der Waals surface area contributed by atoms with Crippen LogP contribution in [-0.2, 0) is 9.47 Å². The molecule has 0 unspecified atom stereocenters. The quantitative estimate of drug-likeness (QED) is 0.638. The molecule has 0 saturated carbocycles. The van der Waals surface area contributed by atoms with Crippen molar-refractivity contribution in [2.75, 3.05) is 13.7 Å². The van der Waals surface area contributed by atoms with Gasteiger partial charge in [0, 0.05) is 12.3 Å². The van der Waals surface area contributed by atoms with E-state index in [0.29, 0.717) is 17.7 Å². The van der Waals surface area contributed by atoms with Crippen molar-refractivity contribution < 1.29 is 19.0 Å². The second kappa shape index (κ2) is 7.83. The number of carbonyl (C=O) groups is 1. The van der Waals surface area contributed by atoms with Gasteiger partial charge in [0.25, 0.3) is 5.56 Å². The molecule has 0 saturated heterocycles. The van der Waals surface area contributed by atoms with E-state index in [0.717, 1.165) is 0 Å². The number of carbonyl (C=O) groups excluding carboxylic acids is 1. The van der Waals surface area contributed by atoms with Crippen LogP contribution in [0.2, 0.25) is 0 Å². The number of H-pyrrole nitrogens is 1. The summed E-state index contributed by atoms with van der Waals surface area (Å²) in [6.45, 7) is 0.0454. The van der Waals surface area contributed by atoms with Gasteiger partial charge in [-0.05, 0) is 36.8 Å². The van der Waals surface area contributed by atoms with E-state index >= 15 is 0 Å². The number of esters is 1. The molecule has 136 valence electrons. The zero-order valence-electron chi connectivity index (χ0n) is 14.1. The van der Waals surface area contributed by atoms with E-state index in [1.54, 1.807) is 37.5 Å².